The molecule has 0 bridgehead atoms. The minimum atomic E-state index is 0.804. The van der Waals surface area contributed by atoms with Gasteiger partial charge in [-0.05, 0) is 40.0 Å². The molecule has 0 unspecified atom stereocenters. The highest BCUT2D eigenvalue weighted by Gasteiger charge is 2.11. The first-order valence-electron chi connectivity index (χ1n) is 3.59. The van der Waals surface area contributed by atoms with Crippen LogP contribution >= 0.6 is 15.9 Å². The van der Waals surface area contributed by atoms with Crippen LogP contribution in [0.15, 0.2) is 16.6 Å². The first-order valence-corrected chi connectivity index (χ1v) is 4.38. The molecule has 0 radical (unpaired) electrons. The van der Waals surface area contributed by atoms with E-state index >= 15 is 0 Å². The molecule has 3 N–H and O–H groups in total. The number of nitrogens with two attached hydrogens (primary N) is 1. The predicted molar refractivity (Wildman–Crippen MR) is 50.7 cm³/mol. The van der Waals surface area contributed by atoms with Gasteiger partial charge < -0.3 is 11.1 Å². The molecule has 1 aliphatic rings. The van der Waals surface area contributed by atoms with Crippen LogP contribution in [0.4, 0.5) is 11.4 Å². The molecule has 0 aromatic heterocycles. The predicted octanol–water partition coefficient (Wildman–Crippen LogP) is 2.00. The molecule has 58 valence electrons. The molecule has 11 heavy (non-hydrogen) atoms. The second-order valence-corrected chi connectivity index (χ2v) is 3.56. The smallest absolute Gasteiger partial charge is 0.0479 e. The van der Waals surface area contributed by atoms with Crippen LogP contribution in [0.2, 0.25) is 0 Å². The minimum absolute atomic E-state index is 0.804. The highest BCUT2D eigenvalue weighted by atomic mass is 79.9. The van der Waals surface area contributed by atoms with E-state index in [1.54, 1.807) is 0 Å². The van der Waals surface area contributed by atoms with Crippen molar-refractivity contribution in [2.45, 2.75) is 6.42 Å². The van der Waals surface area contributed by atoms with E-state index in [0.29, 0.717) is 0 Å². The Morgan fingerprint density at radius 1 is 1.45 bits per heavy atom. The molecule has 0 spiro atoms. The maximum absolute atomic E-state index is 5.71. The molecule has 0 saturated heterocycles. The summed E-state index contributed by atoms with van der Waals surface area (Å²) in [5, 5.41) is 3.27. The van der Waals surface area contributed by atoms with Crippen molar-refractivity contribution in [2.24, 2.45) is 0 Å². The van der Waals surface area contributed by atoms with Gasteiger partial charge in [-0.2, -0.15) is 0 Å². The fourth-order valence-electron chi connectivity index (χ4n) is 1.33. The fourth-order valence-corrected chi connectivity index (χ4v) is 1.73. The third-order valence-corrected chi connectivity index (χ3v) is 2.62. The number of halogens is 1. The SMILES string of the molecule is Nc1cc2c(cc1Br)CCN2. The third-order valence-electron chi connectivity index (χ3n) is 1.93. The lowest BCUT2D eigenvalue weighted by molar-refractivity contribution is 1.10. The molecule has 0 saturated carbocycles. The quantitative estimate of drug-likeness (QED) is 0.647. The molecule has 1 aliphatic heterocycles. The van der Waals surface area contributed by atoms with E-state index in [4.69, 9.17) is 5.73 Å². The second kappa shape index (κ2) is 2.41. The zero-order valence-electron chi connectivity index (χ0n) is 6.02. The van der Waals surface area contributed by atoms with Crippen molar-refractivity contribution in [2.75, 3.05) is 17.6 Å². The molecular formula is C8H9BrN2. The Hall–Kier alpha value is -0.700. The van der Waals surface area contributed by atoms with Gasteiger partial charge in [0.1, 0.15) is 0 Å². The summed E-state index contributed by atoms with van der Waals surface area (Å²) in [7, 11) is 0. The topological polar surface area (TPSA) is 38.0 Å². The van der Waals surface area contributed by atoms with E-state index in [1.807, 2.05) is 6.07 Å². The number of nitrogens with one attached hydrogen (secondary N) is 1. The van der Waals surface area contributed by atoms with E-state index in [0.717, 1.165) is 23.1 Å². The van der Waals surface area contributed by atoms with E-state index in [-0.39, 0.29) is 0 Å². The van der Waals surface area contributed by atoms with Gasteiger partial charge in [0.05, 0.1) is 0 Å². The monoisotopic (exact) mass is 212 g/mol. The van der Waals surface area contributed by atoms with E-state index in [1.165, 1.54) is 11.3 Å². The van der Waals surface area contributed by atoms with Crippen molar-refractivity contribution in [1.29, 1.82) is 0 Å². The van der Waals surface area contributed by atoms with Gasteiger partial charge in [0, 0.05) is 22.4 Å². The normalized spacial score (nSPS) is 14.3. The van der Waals surface area contributed by atoms with Crippen LogP contribution in [0.5, 0.6) is 0 Å². The van der Waals surface area contributed by atoms with Crippen LogP contribution in [0.3, 0.4) is 0 Å². The molecule has 0 amide bonds. The van der Waals surface area contributed by atoms with Gasteiger partial charge >= 0.3 is 0 Å². The molecule has 1 aromatic carbocycles. The average molecular weight is 213 g/mol. The number of nitrogen functional groups attached to an aromatic ring is 1. The number of hydrogen-bond acceptors (Lipinski definition) is 2. The highest BCUT2D eigenvalue weighted by molar-refractivity contribution is 9.10. The Bertz CT molecular complexity index is 267. The van der Waals surface area contributed by atoms with Gasteiger partial charge in [0.2, 0.25) is 0 Å². The molecule has 2 nitrogen and oxygen atoms in total. The van der Waals surface area contributed by atoms with Crippen LogP contribution in [0.25, 0.3) is 0 Å². The lowest BCUT2D eigenvalue weighted by Crippen LogP contribution is -1.92. The number of fused-ring (bicyclic) bond motifs is 1. The molecule has 0 fully saturated rings. The maximum Gasteiger partial charge on any atom is 0.0479 e. The van der Waals surface area contributed by atoms with E-state index in [2.05, 4.69) is 27.3 Å². The zero-order valence-corrected chi connectivity index (χ0v) is 7.61. The van der Waals surface area contributed by atoms with E-state index in [9.17, 15) is 0 Å². The Kier molecular flexibility index (Phi) is 1.53. The second-order valence-electron chi connectivity index (χ2n) is 2.71. The summed E-state index contributed by atoms with van der Waals surface area (Å²) in [5.74, 6) is 0. The van der Waals surface area contributed by atoms with Crippen molar-refractivity contribution in [3.8, 4) is 0 Å². The van der Waals surface area contributed by atoms with Gasteiger partial charge in [-0.25, -0.2) is 0 Å². The van der Waals surface area contributed by atoms with Crippen molar-refractivity contribution in [3.63, 3.8) is 0 Å². The molecule has 2 rings (SSSR count). The Labute approximate surface area is 73.9 Å². The van der Waals surface area contributed by atoms with Gasteiger partial charge in [-0.3, -0.25) is 0 Å². The molecule has 1 aromatic rings. The number of rotatable bonds is 0. The van der Waals surface area contributed by atoms with Crippen molar-refractivity contribution >= 4 is 27.3 Å². The van der Waals surface area contributed by atoms with Crippen molar-refractivity contribution in [1.82, 2.24) is 0 Å². The lowest BCUT2D eigenvalue weighted by Gasteiger charge is -2.02. The fraction of sp³-hybridized carbons (Fsp3) is 0.250. The maximum atomic E-state index is 5.71. The number of anilines is 2. The summed E-state index contributed by atoms with van der Waals surface area (Å²) in [4.78, 5) is 0. The molecule has 1 heterocycles. The summed E-state index contributed by atoms with van der Waals surface area (Å²) < 4.78 is 1.000. The van der Waals surface area contributed by atoms with Crippen LogP contribution in [-0.4, -0.2) is 6.54 Å². The van der Waals surface area contributed by atoms with Crippen LogP contribution in [-0.2, 0) is 6.42 Å². The Morgan fingerprint density at radius 3 is 3.09 bits per heavy atom. The number of benzene rings is 1. The van der Waals surface area contributed by atoms with Gasteiger partial charge in [-0.15, -0.1) is 0 Å². The van der Waals surface area contributed by atoms with E-state index < -0.39 is 0 Å². The highest BCUT2D eigenvalue weighted by Crippen LogP contribution is 2.30. The first kappa shape index (κ1) is 6.98. The zero-order chi connectivity index (χ0) is 7.84. The number of hydrogen-bond donors (Lipinski definition) is 2. The lowest BCUT2D eigenvalue weighted by atomic mass is 10.1. The standard InChI is InChI=1S/C8H9BrN2/c9-6-3-5-1-2-11-8(5)4-7(6)10/h3-4,11H,1-2,10H2. The van der Waals surface area contributed by atoms with Crippen LogP contribution in [0.1, 0.15) is 5.56 Å². The summed E-state index contributed by atoms with van der Waals surface area (Å²) in [6.45, 7) is 1.03. The first-order chi connectivity index (χ1) is 5.27. The third kappa shape index (κ3) is 1.09. The molecule has 3 heteroatoms. The minimum Gasteiger partial charge on any atom is -0.398 e. The largest absolute Gasteiger partial charge is 0.398 e. The average Bonchev–Trinajstić information content (AvgIpc) is 2.36. The van der Waals surface area contributed by atoms with Crippen molar-refractivity contribution in [3.05, 3.63) is 22.2 Å². The molecule has 0 atom stereocenters. The molecular weight excluding hydrogens is 204 g/mol. The summed E-state index contributed by atoms with van der Waals surface area (Å²) in [6.07, 6.45) is 1.11. The van der Waals surface area contributed by atoms with Gasteiger partial charge in [-0.1, -0.05) is 0 Å². The summed E-state index contributed by atoms with van der Waals surface area (Å²) >= 11 is 3.40. The van der Waals surface area contributed by atoms with Crippen LogP contribution < -0.4 is 11.1 Å². The Balaban J connectivity index is 2.57. The summed E-state index contributed by atoms with van der Waals surface area (Å²) in [5.41, 5.74) is 9.05. The Morgan fingerprint density at radius 2 is 2.27 bits per heavy atom. The van der Waals surface area contributed by atoms with Crippen LogP contribution in [0, 0.1) is 0 Å². The summed E-state index contributed by atoms with van der Waals surface area (Å²) in [6, 6.07) is 4.07. The van der Waals surface area contributed by atoms with Gasteiger partial charge in [0.25, 0.3) is 0 Å². The molecule has 0 aliphatic carbocycles. The van der Waals surface area contributed by atoms with Crippen molar-refractivity contribution < 1.29 is 0 Å². The van der Waals surface area contributed by atoms with Gasteiger partial charge in [0.15, 0.2) is 0 Å².